The Morgan fingerprint density at radius 1 is 1.40 bits per heavy atom. The number of ether oxygens (including phenoxy) is 3. The van der Waals surface area contributed by atoms with E-state index in [9.17, 15) is 14.4 Å². The summed E-state index contributed by atoms with van der Waals surface area (Å²) in [5.41, 5.74) is 0. The minimum Gasteiger partial charge on any atom is -0.469 e. The van der Waals surface area contributed by atoms with Crippen LogP contribution >= 0.6 is 0 Å². The van der Waals surface area contributed by atoms with Gasteiger partial charge in [0.2, 0.25) is 0 Å². The van der Waals surface area contributed by atoms with Crippen LogP contribution in [0.15, 0.2) is 12.2 Å². The van der Waals surface area contributed by atoms with Gasteiger partial charge in [-0.05, 0) is 0 Å². The first-order valence-electron chi connectivity index (χ1n) is 4.27. The fraction of sp³-hybridized carbons (Fsp3) is 0.444. The molecule has 0 aromatic heterocycles. The highest BCUT2D eigenvalue weighted by atomic mass is 16.7. The normalized spacial score (nSPS) is 18.5. The van der Waals surface area contributed by atoms with Crippen LogP contribution in [-0.2, 0) is 28.6 Å². The Bertz CT molecular complexity index is 306. The lowest BCUT2D eigenvalue weighted by Crippen LogP contribution is -2.18. The van der Waals surface area contributed by atoms with Crippen molar-refractivity contribution in [3.8, 4) is 0 Å². The fourth-order valence-electron chi connectivity index (χ4n) is 0.908. The molecule has 6 heteroatoms. The van der Waals surface area contributed by atoms with Crippen molar-refractivity contribution in [3.05, 3.63) is 12.2 Å². The van der Waals surface area contributed by atoms with Crippen molar-refractivity contribution in [2.75, 3.05) is 7.11 Å². The molecule has 1 unspecified atom stereocenters. The molecule has 0 N–H and O–H groups in total. The van der Waals surface area contributed by atoms with E-state index in [2.05, 4.69) is 9.47 Å². The topological polar surface area (TPSA) is 78.9 Å². The van der Waals surface area contributed by atoms with Crippen molar-refractivity contribution in [3.63, 3.8) is 0 Å². The third-order valence-electron chi connectivity index (χ3n) is 1.63. The van der Waals surface area contributed by atoms with Crippen LogP contribution in [0.4, 0.5) is 0 Å². The lowest BCUT2D eigenvalue weighted by Gasteiger charge is -2.09. The molecule has 15 heavy (non-hydrogen) atoms. The van der Waals surface area contributed by atoms with Crippen LogP contribution in [0.2, 0.25) is 0 Å². The van der Waals surface area contributed by atoms with E-state index in [1.807, 2.05) is 0 Å². The molecule has 0 saturated carbocycles. The summed E-state index contributed by atoms with van der Waals surface area (Å²) in [4.78, 5) is 32.3. The summed E-state index contributed by atoms with van der Waals surface area (Å²) in [6.07, 6.45) is 1.35. The Morgan fingerprint density at radius 3 is 2.60 bits per heavy atom. The first-order valence-corrected chi connectivity index (χ1v) is 4.27. The van der Waals surface area contributed by atoms with Crippen molar-refractivity contribution in [1.29, 1.82) is 0 Å². The van der Waals surface area contributed by atoms with Gasteiger partial charge in [0.25, 0.3) is 6.29 Å². The Morgan fingerprint density at radius 2 is 2.07 bits per heavy atom. The molecule has 1 heterocycles. The largest absolute Gasteiger partial charge is 0.469 e. The molecular weight excluding hydrogens is 204 g/mol. The molecule has 1 rings (SSSR count). The molecule has 1 aliphatic heterocycles. The zero-order valence-electron chi connectivity index (χ0n) is 8.10. The predicted octanol–water partition coefficient (Wildman–Crippen LogP) is -0.0781. The summed E-state index contributed by atoms with van der Waals surface area (Å²) in [5.74, 6) is -1.67. The van der Waals surface area contributed by atoms with Crippen LogP contribution in [-0.4, -0.2) is 31.3 Å². The standard InChI is InChI=1S/C9H10O6/c1-13-6(10)2-3-7(11)14-9-5-4-8(12)15-9/h4-5,9H,2-3H2,1H3. The fourth-order valence-corrected chi connectivity index (χ4v) is 0.908. The molecule has 0 fully saturated rings. The number of carbonyl (C=O) groups excluding carboxylic acids is 3. The van der Waals surface area contributed by atoms with E-state index >= 15 is 0 Å². The first-order chi connectivity index (χ1) is 7.11. The number of methoxy groups -OCH3 is 1. The maximum absolute atomic E-state index is 11.1. The van der Waals surface area contributed by atoms with Gasteiger partial charge < -0.3 is 14.2 Å². The average molecular weight is 214 g/mol. The van der Waals surface area contributed by atoms with Crippen molar-refractivity contribution in [2.24, 2.45) is 0 Å². The van der Waals surface area contributed by atoms with E-state index in [-0.39, 0.29) is 12.8 Å². The number of esters is 3. The molecule has 6 nitrogen and oxygen atoms in total. The van der Waals surface area contributed by atoms with Gasteiger partial charge in [-0.2, -0.15) is 0 Å². The Kier molecular flexibility index (Phi) is 3.84. The molecule has 0 saturated heterocycles. The van der Waals surface area contributed by atoms with Crippen LogP contribution < -0.4 is 0 Å². The van der Waals surface area contributed by atoms with E-state index in [4.69, 9.17) is 4.74 Å². The van der Waals surface area contributed by atoms with Crippen LogP contribution in [0, 0.1) is 0 Å². The number of cyclic esters (lactones) is 1. The highest BCUT2D eigenvalue weighted by molar-refractivity contribution is 5.84. The Labute approximate surface area is 85.8 Å². The second-order valence-corrected chi connectivity index (χ2v) is 2.73. The van der Waals surface area contributed by atoms with Crippen LogP contribution in [0.3, 0.4) is 0 Å². The van der Waals surface area contributed by atoms with Gasteiger partial charge in [0.05, 0.1) is 20.0 Å². The average Bonchev–Trinajstić information content (AvgIpc) is 2.60. The number of hydrogen-bond acceptors (Lipinski definition) is 6. The summed E-state index contributed by atoms with van der Waals surface area (Å²) in [7, 11) is 1.23. The number of hydrogen-bond donors (Lipinski definition) is 0. The summed E-state index contributed by atoms with van der Waals surface area (Å²) < 4.78 is 13.6. The highest BCUT2D eigenvalue weighted by Crippen LogP contribution is 2.08. The third-order valence-corrected chi connectivity index (χ3v) is 1.63. The van der Waals surface area contributed by atoms with E-state index in [0.717, 1.165) is 6.08 Å². The molecular formula is C9H10O6. The lowest BCUT2D eigenvalue weighted by molar-refractivity contribution is -0.173. The minimum atomic E-state index is -0.970. The molecule has 1 aliphatic rings. The maximum Gasteiger partial charge on any atom is 0.334 e. The molecule has 1 atom stereocenters. The number of carbonyl (C=O) groups is 3. The van der Waals surface area contributed by atoms with Gasteiger partial charge in [0, 0.05) is 12.2 Å². The van der Waals surface area contributed by atoms with Gasteiger partial charge in [-0.25, -0.2) is 4.79 Å². The minimum absolute atomic E-state index is 0.0558. The molecule has 0 radical (unpaired) electrons. The summed E-state index contributed by atoms with van der Waals surface area (Å²) in [5, 5.41) is 0. The first kappa shape index (κ1) is 11.2. The molecule has 0 bridgehead atoms. The zero-order chi connectivity index (χ0) is 11.3. The second kappa shape index (κ2) is 5.14. The molecule has 82 valence electrons. The van der Waals surface area contributed by atoms with Crippen molar-refractivity contribution in [2.45, 2.75) is 19.1 Å². The monoisotopic (exact) mass is 214 g/mol. The van der Waals surface area contributed by atoms with Crippen molar-refractivity contribution in [1.82, 2.24) is 0 Å². The Balaban J connectivity index is 2.22. The zero-order valence-corrected chi connectivity index (χ0v) is 8.10. The van der Waals surface area contributed by atoms with Crippen molar-refractivity contribution < 1.29 is 28.6 Å². The van der Waals surface area contributed by atoms with Crippen LogP contribution in [0.1, 0.15) is 12.8 Å². The van der Waals surface area contributed by atoms with Gasteiger partial charge >= 0.3 is 17.9 Å². The van der Waals surface area contributed by atoms with E-state index < -0.39 is 24.2 Å². The van der Waals surface area contributed by atoms with Gasteiger partial charge in [-0.15, -0.1) is 0 Å². The molecule has 0 aromatic carbocycles. The van der Waals surface area contributed by atoms with Gasteiger partial charge in [0.15, 0.2) is 0 Å². The molecule has 0 amide bonds. The van der Waals surface area contributed by atoms with Gasteiger partial charge in [-0.3, -0.25) is 9.59 Å². The lowest BCUT2D eigenvalue weighted by atomic mass is 10.3. The van der Waals surface area contributed by atoms with E-state index in [1.54, 1.807) is 0 Å². The van der Waals surface area contributed by atoms with E-state index in [0.29, 0.717) is 0 Å². The van der Waals surface area contributed by atoms with Gasteiger partial charge in [0.1, 0.15) is 0 Å². The van der Waals surface area contributed by atoms with Crippen molar-refractivity contribution >= 4 is 17.9 Å². The maximum atomic E-state index is 11.1. The van der Waals surface area contributed by atoms with Crippen LogP contribution in [0.5, 0.6) is 0 Å². The molecule has 0 spiro atoms. The van der Waals surface area contributed by atoms with Crippen LogP contribution in [0.25, 0.3) is 0 Å². The molecule has 0 aliphatic carbocycles. The summed E-state index contributed by atoms with van der Waals surface area (Å²) in [6, 6.07) is 0. The third kappa shape index (κ3) is 3.80. The summed E-state index contributed by atoms with van der Waals surface area (Å²) >= 11 is 0. The molecule has 0 aromatic rings. The predicted molar refractivity (Wildman–Crippen MR) is 46.4 cm³/mol. The SMILES string of the molecule is COC(=O)CCC(=O)OC1C=CC(=O)O1. The Hall–Kier alpha value is -1.85. The second-order valence-electron chi connectivity index (χ2n) is 2.73. The quantitative estimate of drug-likeness (QED) is 0.609. The highest BCUT2D eigenvalue weighted by Gasteiger charge is 2.20. The smallest absolute Gasteiger partial charge is 0.334 e. The number of rotatable bonds is 4. The summed E-state index contributed by atoms with van der Waals surface area (Å²) in [6.45, 7) is 0. The van der Waals surface area contributed by atoms with Gasteiger partial charge in [-0.1, -0.05) is 0 Å². The van der Waals surface area contributed by atoms with E-state index in [1.165, 1.54) is 13.2 Å².